The number of fused-ring (bicyclic) bond motifs is 5. The van der Waals surface area contributed by atoms with Crippen LogP contribution in [0, 0.1) is 0 Å². The maximum absolute atomic E-state index is 4.56. The van der Waals surface area contributed by atoms with Crippen LogP contribution in [0.15, 0.2) is 194 Å². The fraction of sp³-hybridized carbons (Fsp3) is 0. The summed E-state index contributed by atoms with van der Waals surface area (Å²) >= 11 is 0. The molecular formula is C48H32N8. The molecule has 0 radical (unpaired) electrons. The number of rotatable bonds is 7. The molecule has 0 atom stereocenters. The van der Waals surface area contributed by atoms with Gasteiger partial charge in [-0.1, -0.05) is 101 Å². The van der Waals surface area contributed by atoms with E-state index in [1.807, 2.05) is 57.9 Å². The molecule has 0 aliphatic heterocycles. The molecule has 0 saturated heterocycles. The van der Waals surface area contributed by atoms with Crippen molar-refractivity contribution in [3.8, 4) is 28.2 Å². The average Bonchev–Trinajstić information content (AvgIpc) is 3.99. The van der Waals surface area contributed by atoms with E-state index in [0.717, 1.165) is 78.4 Å². The van der Waals surface area contributed by atoms with Crippen LogP contribution >= 0.6 is 0 Å². The van der Waals surface area contributed by atoms with Crippen LogP contribution in [-0.2, 0) is 0 Å². The Bertz CT molecular complexity index is 3070. The van der Waals surface area contributed by atoms with Crippen molar-refractivity contribution in [2.24, 2.45) is 0 Å². The average molecular weight is 721 g/mol. The van der Waals surface area contributed by atoms with Crippen LogP contribution in [0.5, 0.6) is 0 Å². The Labute approximate surface area is 321 Å². The minimum Gasteiger partial charge on any atom is -0.310 e. The molecule has 264 valence electrons. The Morgan fingerprint density at radius 2 is 0.857 bits per heavy atom. The third kappa shape index (κ3) is 5.23. The Morgan fingerprint density at radius 1 is 0.339 bits per heavy atom. The van der Waals surface area contributed by atoms with E-state index in [4.69, 9.17) is 0 Å². The summed E-state index contributed by atoms with van der Waals surface area (Å²) in [4.78, 5) is 2.31. The molecule has 0 fully saturated rings. The Balaban J connectivity index is 1.04. The predicted octanol–water partition coefficient (Wildman–Crippen LogP) is 11.4. The van der Waals surface area contributed by atoms with Gasteiger partial charge in [-0.3, -0.25) is 0 Å². The monoisotopic (exact) mass is 720 g/mol. The molecule has 0 bridgehead atoms. The third-order valence-electron chi connectivity index (χ3n) is 10.5. The molecule has 3 heterocycles. The normalized spacial score (nSPS) is 11.6. The van der Waals surface area contributed by atoms with Gasteiger partial charge in [0.1, 0.15) is 11.0 Å². The minimum atomic E-state index is 0.834. The van der Waals surface area contributed by atoms with Crippen molar-refractivity contribution in [2.45, 2.75) is 0 Å². The number of aromatic nitrogens is 7. The van der Waals surface area contributed by atoms with Crippen molar-refractivity contribution in [1.82, 2.24) is 34.6 Å². The van der Waals surface area contributed by atoms with E-state index in [1.165, 1.54) is 10.8 Å². The molecule has 8 nitrogen and oxygen atoms in total. The van der Waals surface area contributed by atoms with Gasteiger partial charge >= 0.3 is 0 Å². The van der Waals surface area contributed by atoms with Gasteiger partial charge in [-0.05, 0) is 114 Å². The zero-order valence-corrected chi connectivity index (χ0v) is 30.1. The lowest BCUT2D eigenvalue weighted by atomic mass is 10.0. The fourth-order valence-electron chi connectivity index (χ4n) is 7.91. The first kappa shape index (κ1) is 31.7. The second kappa shape index (κ2) is 12.9. The summed E-state index contributed by atoms with van der Waals surface area (Å²) < 4.78 is 6.14. The molecule has 0 spiro atoms. The first-order valence-corrected chi connectivity index (χ1v) is 18.6. The molecule has 0 N–H and O–H groups in total. The number of anilines is 3. The van der Waals surface area contributed by atoms with Crippen molar-refractivity contribution < 1.29 is 0 Å². The smallest absolute Gasteiger partial charge is 0.113 e. The number of para-hydroxylation sites is 5. The highest BCUT2D eigenvalue weighted by Gasteiger charge is 2.18. The zero-order chi connectivity index (χ0) is 37.0. The highest BCUT2D eigenvalue weighted by Crippen LogP contribution is 2.40. The third-order valence-corrected chi connectivity index (χ3v) is 10.5. The van der Waals surface area contributed by atoms with E-state index in [-0.39, 0.29) is 0 Å². The number of hydrogen-bond acceptors (Lipinski definition) is 5. The van der Waals surface area contributed by atoms with Crippen LogP contribution in [0.1, 0.15) is 0 Å². The predicted molar refractivity (Wildman–Crippen MR) is 226 cm³/mol. The summed E-state index contributed by atoms with van der Waals surface area (Å²) in [6, 6.07) is 67.7. The molecule has 3 aromatic heterocycles. The highest BCUT2D eigenvalue weighted by atomic mass is 15.4. The quantitative estimate of drug-likeness (QED) is 0.164. The van der Waals surface area contributed by atoms with Gasteiger partial charge in [0.15, 0.2) is 0 Å². The number of hydrogen-bond donors (Lipinski definition) is 0. The largest absolute Gasteiger partial charge is 0.310 e. The Kier molecular flexibility index (Phi) is 7.31. The molecule has 0 amide bonds. The molecule has 56 heavy (non-hydrogen) atoms. The van der Waals surface area contributed by atoms with Gasteiger partial charge in [-0.15, -0.1) is 10.2 Å². The van der Waals surface area contributed by atoms with Gasteiger partial charge in [0.2, 0.25) is 0 Å². The maximum atomic E-state index is 4.56. The molecule has 0 saturated carbocycles. The minimum absolute atomic E-state index is 0.834. The second-order valence-electron chi connectivity index (χ2n) is 13.8. The summed E-state index contributed by atoms with van der Waals surface area (Å²) in [5.74, 6) is 0. The summed E-state index contributed by atoms with van der Waals surface area (Å²) in [5.41, 5.74) is 14.1. The standard InChI is InChI=1S/C48H32N8/c1-3-13-35(14-4-1)53(36-15-5-2-6-16-36)38-27-28-46-42(32-38)41-17-7-10-20-45(41)54(46)37-25-23-33(24-26-37)34-29-39(55-47-21-11-8-18-43(47)49-51-55)31-40(30-34)56-48-22-12-9-19-44(48)50-52-56/h1-32H. The Morgan fingerprint density at radius 3 is 1.46 bits per heavy atom. The highest BCUT2D eigenvalue weighted by molar-refractivity contribution is 6.10. The van der Waals surface area contributed by atoms with Gasteiger partial charge < -0.3 is 9.47 Å². The van der Waals surface area contributed by atoms with Crippen molar-refractivity contribution in [1.29, 1.82) is 0 Å². The van der Waals surface area contributed by atoms with Crippen LogP contribution in [-0.4, -0.2) is 34.6 Å². The van der Waals surface area contributed by atoms with Crippen LogP contribution in [0.25, 0.3) is 72.1 Å². The van der Waals surface area contributed by atoms with Crippen LogP contribution in [0.4, 0.5) is 17.1 Å². The van der Waals surface area contributed by atoms with E-state index in [9.17, 15) is 0 Å². The van der Waals surface area contributed by atoms with Crippen LogP contribution in [0.3, 0.4) is 0 Å². The van der Waals surface area contributed by atoms with Gasteiger partial charge in [-0.25, -0.2) is 9.36 Å². The van der Waals surface area contributed by atoms with Gasteiger partial charge in [0, 0.05) is 33.5 Å². The van der Waals surface area contributed by atoms with Crippen molar-refractivity contribution in [3.63, 3.8) is 0 Å². The van der Waals surface area contributed by atoms with Crippen LogP contribution < -0.4 is 4.90 Å². The first-order valence-electron chi connectivity index (χ1n) is 18.6. The Hall–Kier alpha value is -7.84. The van der Waals surface area contributed by atoms with Crippen molar-refractivity contribution in [2.75, 3.05) is 4.90 Å². The molecule has 0 aliphatic rings. The molecule has 11 aromatic rings. The second-order valence-corrected chi connectivity index (χ2v) is 13.8. The lowest BCUT2D eigenvalue weighted by Gasteiger charge is -2.25. The zero-order valence-electron chi connectivity index (χ0n) is 30.1. The lowest BCUT2D eigenvalue weighted by molar-refractivity contribution is 0.807. The van der Waals surface area contributed by atoms with E-state index in [1.54, 1.807) is 0 Å². The van der Waals surface area contributed by atoms with Crippen molar-refractivity contribution >= 4 is 60.9 Å². The first-order chi connectivity index (χ1) is 27.8. The SMILES string of the molecule is c1ccc(N(c2ccccc2)c2ccc3c(c2)c2ccccc2n3-c2ccc(-c3cc(-n4nnc5ccccc54)cc(-n4nnc5ccccc54)c3)cc2)cc1. The fourth-order valence-corrected chi connectivity index (χ4v) is 7.91. The van der Waals surface area contributed by atoms with E-state index in [2.05, 4.69) is 176 Å². The summed E-state index contributed by atoms with van der Waals surface area (Å²) in [6.45, 7) is 0. The van der Waals surface area contributed by atoms with E-state index < -0.39 is 0 Å². The molecule has 0 unspecified atom stereocenters. The summed E-state index contributed by atoms with van der Waals surface area (Å²) in [5, 5.41) is 20.4. The topological polar surface area (TPSA) is 69.6 Å². The number of benzene rings is 8. The van der Waals surface area contributed by atoms with Gasteiger partial charge in [-0.2, -0.15) is 0 Å². The van der Waals surface area contributed by atoms with Crippen molar-refractivity contribution in [3.05, 3.63) is 194 Å². The molecular weight excluding hydrogens is 689 g/mol. The maximum Gasteiger partial charge on any atom is 0.113 e. The summed E-state index contributed by atoms with van der Waals surface area (Å²) in [7, 11) is 0. The molecule has 11 rings (SSSR count). The lowest BCUT2D eigenvalue weighted by Crippen LogP contribution is -2.09. The molecule has 8 heteroatoms. The van der Waals surface area contributed by atoms with E-state index in [0.29, 0.717) is 0 Å². The number of nitrogens with zero attached hydrogens (tertiary/aromatic N) is 8. The van der Waals surface area contributed by atoms with E-state index >= 15 is 0 Å². The van der Waals surface area contributed by atoms with Gasteiger partial charge in [0.05, 0.1) is 33.4 Å². The van der Waals surface area contributed by atoms with Crippen LogP contribution in [0.2, 0.25) is 0 Å². The molecule has 0 aliphatic carbocycles. The summed E-state index contributed by atoms with van der Waals surface area (Å²) in [6.07, 6.45) is 0. The van der Waals surface area contributed by atoms with Gasteiger partial charge in [0.25, 0.3) is 0 Å². The molecule has 8 aromatic carbocycles.